The van der Waals surface area contributed by atoms with Gasteiger partial charge in [-0.3, -0.25) is 4.79 Å². The number of hydrogen-bond acceptors (Lipinski definition) is 3. The highest BCUT2D eigenvalue weighted by Crippen LogP contribution is 2.12. The zero-order chi connectivity index (χ0) is 13.5. The molecule has 0 fully saturated rings. The minimum Gasteiger partial charge on any atom is -0.383 e. The summed E-state index contributed by atoms with van der Waals surface area (Å²) in [6, 6.07) is -0.732. The number of halogens is 3. The van der Waals surface area contributed by atoms with E-state index in [4.69, 9.17) is 4.74 Å². The van der Waals surface area contributed by atoms with Crippen molar-refractivity contribution in [2.24, 2.45) is 0 Å². The van der Waals surface area contributed by atoms with Crippen molar-refractivity contribution in [1.29, 1.82) is 0 Å². The molecule has 7 heteroatoms. The Kier molecular flexibility index (Phi) is 7.13. The fraction of sp³-hybridized carbons (Fsp3) is 0.900. The maximum atomic E-state index is 11.9. The Morgan fingerprint density at radius 1 is 1.41 bits per heavy atom. The lowest BCUT2D eigenvalue weighted by molar-refractivity contribution is -0.139. The molecule has 0 rings (SSSR count). The van der Waals surface area contributed by atoms with E-state index in [9.17, 15) is 18.0 Å². The molecule has 0 bridgehead atoms. The van der Waals surface area contributed by atoms with E-state index in [2.05, 4.69) is 5.32 Å². The van der Waals surface area contributed by atoms with Crippen LogP contribution in [0.5, 0.6) is 0 Å². The fourth-order valence-corrected chi connectivity index (χ4v) is 1.25. The fourth-order valence-electron chi connectivity index (χ4n) is 1.25. The van der Waals surface area contributed by atoms with Crippen LogP contribution in [0.3, 0.4) is 0 Å². The first kappa shape index (κ1) is 16.2. The number of hydrogen-bond donors (Lipinski definition) is 2. The van der Waals surface area contributed by atoms with Crippen molar-refractivity contribution >= 4 is 5.91 Å². The summed E-state index contributed by atoms with van der Waals surface area (Å²) in [5.74, 6) is -0.670. The van der Waals surface area contributed by atoms with Gasteiger partial charge in [0.1, 0.15) is 6.54 Å². The second-order valence-electron chi connectivity index (χ2n) is 3.78. The predicted octanol–water partition coefficient (Wildman–Crippen LogP) is 1.07. The first-order valence-corrected chi connectivity index (χ1v) is 5.39. The Labute approximate surface area is 98.9 Å². The summed E-state index contributed by atoms with van der Waals surface area (Å²) < 4.78 is 40.5. The Hall–Kier alpha value is -0.820. The Bertz CT molecular complexity index is 234. The Balaban J connectivity index is 4.03. The van der Waals surface area contributed by atoms with Crippen LogP contribution in [0.1, 0.15) is 20.3 Å². The van der Waals surface area contributed by atoms with E-state index < -0.39 is 24.7 Å². The summed E-state index contributed by atoms with van der Waals surface area (Å²) in [6.45, 7) is 2.52. The van der Waals surface area contributed by atoms with E-state index in [1.54, 1.807) is 0 Å². The van der Waals surface area contributed by atoms with Gasteiger partial charge in [-0.05, 0) is 13.3 Å². The van der Waals surface area contributed by atoms with E-state index in [-0.39, 0.29) is 6.04 Å². The average Bonchev–Trinajstić information content (AvgIpc) is 2.23. The summed E-state index contributed by atoms with van der Waals surface area (Å²) in [6.07, 6.45) is -3.66. The molecule has 0 saturated heterocycles. The summed E-state index contributed by atoms with van der Waals surface area (Å²) in [4.78, 5) is 11.3. The van der Waals surface area contributed by atoms with Crippen LogP contribution in [0.2, 0.25) is 0 Å². The number of rotatable bonds is 7. The molecular weight excluding hydrogens is 237 g/mol. The molecule has 0 aromatic heterocycles. The highest BCUT2D eigenvalue weighted by molar-refractivity contribution is 5.81. The van der Waals surface area contributed by atoms with Gasteiger partial charge in [0.25, 0.3) is 0 Å². The zero-order valence-corrected chi connectivity index (χ0v) is 10.2. The van der Waals surface area contributed by atoms with Crippen LogP contribution >= 0.6 is 0 Å². The number of carbonyl (C=O) groups excluding carboxylic acids is 1. The van der Waals surface area contributed by atoms with E-state index >= 15 is 0 Å². The summed E-state index contributed by atoms with van der Waals surface area (Å²) in [5.41, 5.74) is 0. The van der Waals surface area contributed by atoms with Gasteiger partial charge in [0.05, 0.1) is 12.6 Å². The van der Waals surface area contributed by atoms with E-state index in [0.29, 0.717) is 6.61 Å². The summed E-state index contributed by atoms with van der Waals surface area (Å²) in [7, 11) is 1.53. The van der Waals surface area contributed by atoms with Crippen LogP contribution in [0, 0.1) is 0 Å². The molecule has 0 aliphatic rings. The topological polar surface area (TPSA) is 50.4 Å². The quantitative estimate of drug-likeness (QED) is 0.716. The standard InChI is InChI=1S/C10H19F3N2O2/c1-4-8(5-17-3)15-7(2)9(16)14-6-10(11,12)13/h7-8,15H,4-6H2,1-3H3,(H,14,16). The van der Waals surface area contributed by atoms with E-state index in [0.717, 1.165) is 6.42 Å². The van der Waals surface area contributed by atoms with Crippen LogP contribution in [-0.4, -0.2) is 44.4 Å². The second-order valence-corrected chi connectivity index (χ2v) is 3.78. The smallest absolute Gasteiger partial charge is 0.383 e. The van der Waals surface area contributed by atoms with Crippen molar-refractivity contribution in [2.45, 2.75) is 38.5 Å². The molecule has 0 aromatic carbocycles. The summed E-state index contributed by atoms with van der Waals surface area (Å²) >= 11 is 0. The lowest BCUT2D eigenvalue weighted by atomic mass is 10.2. The van der Waals surface area contributed by atoms with E-state index in [1.807, 2.05) is 12.2 Å². The molecule has 0 aromatic rings. The van der Waals surface area contributed by atoms with Crippen molar-refractivity contribution in [2.75, 3.05) is 20.3 Å². The van der Waals surface area contributed by atoms with Crippen LogP contribution in [0.15, 0.2) is 0 Å². The largest absolute Gasteiger partial charge is 0.405 e. The van der Waals surface area contributed by atoms with Crippen LogP contribution < -0.4 is 10.6 Å². The molecule has 4 nitrogen and oxygen atoms in total. The zero-order valence-electron chi connectivity index (χ0n) is 10.2. The van der Waals surface area contributed by atoms with Gasteiger partial charge in [0, 0.05) is 13.2 Å². The first-order chi connectivity index (χ1) is 7.80. The van der Waals surface area contributed by atoms with Crippen molar-refractivity contribution in [3.63, 3.8) is 0 Å². The molecule has 1 amide bonds. The first-order valence-electron chi connectivity index (χ1n) is 5.39. The van der Waals surface area contributed by atoms with Gasteiger partial charge in [-0.15, -0.1) is 0 Å². The number of amides is 1. The number of carbonyl (C=O) groups is 1. The lowest BCUT2D eigenvalue weighted by Crippen LogP contribution is -2.49. The van der Waals surface area contributed by atoms with Crippen LogP contribution in [0.25, 0.3) is 0 Å². The second kappa shape index (κ2) is 7.50. The maximum Gasteiger partial charge on any atom is 0.405 e. The highest BCUT2D eigenvalue weighted by Gasteiger charge is 2.28. The van der Waals surface area contributed by atoms with Crippen molar-refractivity contribution in [3.8, 4) is 0 Å². The molecule has 0 aliphatic heterocycles. The molecule has 0 spiro atoms. The van der Waals surface area contributed by atoms with Crippen molar-refractivity contribution in [1.82, 2.24) is 10.6 Å². The van der Waals surface area contributed by atoms with Crippen molar-refractivity contribution < 1.29 is 22.7 Å². The molecule has 102 valence electrons. The number of alkyl halides is 3. The molecule has 0 heterocycles. The molecule has 2 atom stereocenters. The number of ether oxygens (including phenoxy) is 1. The predicted molar refractivity (Wildman–Crippen MR) is 57.6 cm³/mol. The Morgan fingerprint density at radius 2 is 2.00 bits per heavy atom. The number of nitrogens with one attached hydrogen (secondary N) is 2. The van der Waals surface area contributed by atoms with Gasteiger partial charge in [-0.1, -0.05) is 6.92 Å². The van der Waals surface area contributed by atoms with Crippen molar-refractivity contribution in [3.05, 3.63) is 0 Å². The van der Waals surface area contributed by atoms with Gasteiger partial charge in [-0.2, -0.15) is 13.2 Å². The monoisotopic (exact) mass is 256 g/mol. The molecule has 2 N–H and O–H groups in total. The molecule has 2 unspecified atom stereocenters. The van der Waals surface area contributed by atoms with Gasteiger partial charge < -0.3 is 15.4 Å². The van der Waals surface area contributed by atoms with E-state index in [1.165, 1.54) is 14.0 Å². The minimum absolute atomic E-state index is 0.0494. The number of methoxy groups -OCH3 is 1. The minimum atomic E-state index is -4.38. The van der Waals surface area contributed by atoms with Gasteiger partial charge in [0.2, 0.25) is 5.91 Å². The van der Waals surface area contributed by atoms with Gasteiger partial charge in [-0.25, -0.2) is 0 Å². The molecule has 0 saturated carbocycles. The lowest BCUT2D eigenvalue weighted by Gasteiger charge is -2.21. The molecular formula is C10H19F3N2O2. The van der Waals surface area contributed by atoms with Gasteiger partial charge in [0.15, 0.2) is 0 Å². The third-order valence-corrected chi connectivity index (χ3v) is 2.20. The van der Waals surface area contributed by atoms with Crippen LogP contribution in [-0.2, 0) is 9.53 Å². The SMILES string of the molecule is CCC(COC)NC(C)C(=O)NCC(F)(F)F. The third kappa shape index (κ3) is 7.98. The van der Waals surface area contributed by atoms with Crippen LogP contribution in [0.4, 0.5) is 13.2 Å². The highest BCUT2D eigenvalue weighted by atomic mass is 19.4. The molecule has 17 heavy (non-hydrogen) atoms. The normalized spacial score (nSPS) is 15.4. The molecule has 0 aliphatic carbocycles. The molecule has 0 radical (unpaired) electrons. The Morgan fingerprint density at radius 3 is 2.41 bits per heavy atom. The maximum absolute atomic E-state index is 11.9. The average molecular weight is 256 g/mol. The summed E-state index contributed by atoms with van der Waals surface area (Å²) in [5, 5.41) is 4.73. The van der Waals surface area contributed by atoms with Gasteiger partial charge >= 0.3 is 6.18 Å². The third-order valence-electron chi connectivity index (χ3n) is 2.20.